The minimum atomic E-state index is -0.316. The van der Waals surface area contributed by atoms with Crippen LogP contribution in [0.1, 0.15) is 6.92 Å². The van der Waals surface area contributed by atoms with E-state index in [0.717, 1.165) is 0 Å². The number of nitrogens with one attached hydrogen (secondary N) is 1. The topological polar surface area (TPSA) is 41.6 Å². The fourth-order valence-electron chi connectivity index (χ4n) is 2.06. The van der Waals surface area contributed by atoms with Gasteiger partial charge in [-0.2, -0.15) is 0 Å². The molecule has 0 heterocycles. The zero-order valence-corrected chi connectivity index (χ0v) is 15.1. The molecule has 128 valence electrons. The number of hydrogen-bond acceptors (Lipinski definition) is 3. The monoisotopic (exact) mass is 366 g/mol. The number of rotatable bonds is 7. The maximum absolute atomic E-state index is 12.3. The lowest BCUT2D eigenvalue weighted by atomic mass is 10.2. The van der Waals surface area contributed by atoms with E-state index in [1.807, 2.05) is 43.1 Å². The first kappa shape index (κ1) is 18.6. The second-order valence-electron chi connectivity index (χ2n) is 5.43. The molecule has 6 heteroatoms. The van der Waals surface area contributed by atoms with Crippen LogP contribution in [-0.4, -0.2) is 37.0 Å². The molecule has 0 saturated heterocycles. The van der Waals surface area contributed by atoms with Gasteiger partial charge in [-0.1, -0.05) is 41.4 Å². The number of likely N-dealkylation sites (N-methyl/N-ethyl adjacent to an activating group) is 1. The molecule has 0 aromatic heterocycles. The highest BCUT2D eigenvalue weighted by Crippen LogP contribution is 2.21. The Balaban J connectivity index is 1.82. The fraction of sp³-hybridized carbons (Fsp3) is 0.278. The number of halogens is 2. The lowest BCUT2D eigenvalue weighted by Gasteiger charge is -2.24. The van der Waals surface area contributed by atoms with Crippen LogP contribution >= 0.6 is 23.2 Å². The third-order valence-electron chi connectivity index (χ3n) is 3.68. The molecule has 0 aliphatic rings. The summed E-state index contributed by atoms with van der Waals surface area (Å²) >= 11 is 12.0. The highest BCUT2D eigenvalue weighted by Gasteiger charge is 2.18. The van der Waals surface area contributed by atoms with Gasteiger partial charge in [0, 0.05) is 11.6 Å². The summed E-state index contributed by atoms with van der Waals surface area (Å²) in [5.41, 5.74) is 0.611. The Bertz CT molecular complexity index is 694. The van der Waals surface area contributed by atoms with Crippen LogP contribution in [0.25, 0.3) is 0 Å². The van der Waals surface area contributed by atoms with Crippen LogP contribution in [0.2, 0.25) is 10.0 Å². The van der Waals surface area contributed by atoms with Gasteiger partial charge in [0.25, 0.3) is 0 Å². The van der Waals surface area contributed by atoms with Crippen LogP contribution in [0, 0.1) is 0 Å². The molecule has 0 aliphatic heterocycles. The van der Waals surface area contributed by atoms with E-state index in [0.29, 0.717) is 34.6 Å². The van der Waals surface area contributed by atoms with Crippen LogP contribution in [0.5, 0.6) is 5.75 Å². The predicted octanol–water partition coefficient (Wildman–Crippen LogP) is 4.33. The van der Waals surface area contributed by atoms with Crippen LogP contribution in [0.4, 0.5) is 5.69 Å². The normalized spacial score (nSPS) is 12.0. The van der Waals surface area contributed by atoms with E-state index in [4.69, 9.17) is 27.9 Å². The van der Waals surface area contributed by atoms with Gasteiger partial charge in [-0.15, -0.1) is 0 Å². The SMILES string of the molecule is CC(C(=O)Nc1ccccc1Cl)N(C)CCOc1cccc(Cl)c1. The number of carbonyl (C=O) groups excluding carboxylic acids is 1. The second kappa shape index (κ2) is 8.92. The van der Waals surface area contributed by atoms with E-state index >= 15 is 0 Å². The standard InChI is InChI=1S/C18H20Cl2N2O2/c1-13(18(23)21-17-9-4-3-8-16(17)20)22(2)10-11-24-15-7-5-6-14(19)12-15/h3-9,12-13H,10-11H2,1-2H3,(H,21,23). The van der Waals surface area contributed by atoms with Gasteiger partial charge in [-0.3, -0.25) is 9.69 Å². The van der Waals surface area contributed by atoms with Crippen molar-refractivity contribution in [3.05, 3.63) is 58.6 Å². The summed E-state index contributed by atoms with van der Waals surface area (Å²) in [6.45, 7) is 2.90. The molecular formula is C18H20Cl2N2O2. The average molecular weight is 367 g/mol. The van der Waals surface area contributed by atoms with Crippen molar-refractivity contribution in [1.82, 2.24) is 4.90 Å². The van der Waals surface area contributed by atoms with Crippen molar-refractivity contribution in [1.29, 1.82) is 0 Å². The Morgan fingerprint density at radius 1 is 1.21 bits per heavy atom. The molecule has 24 heavy (non-hydrogen) atoms. The van der Waals surface area contributed by atoms with Crippen molar-refractivity contribution in [2.45, 2.75) is 13.0 Å². The molecule has 0 aliphatic carbocycles. The maximum Gasteiger partial charge on any atom is 0.241 e. The van der Waals surface area contributed by atoms with Crippen LogP contribution < -0.4 is 10.1 Å². The van der Waals surface area contributed by atoms with Gasteiger partial charge in [0.05, 0.1) is 16.8 Å². The first-order valence-electron chi connectivity index (χ1n) is 7.61. The van der Waals surface area contributed by atoms with Crippen LogP contribution in [0.15, 0.2) is 48.5 Å². The van der Waals surface area contributed by atoms with E-state index in [-0.39, 0.29) is 11.9 Å². The zero-order chi connectivity index (χ0) is 17.5. The highest BCUT2D eigenvalue weighted by atomic mass is 35.5. The number of para-hydroxylation sites is 1. The molecule has 2 aromatic carbocycles. The quantitative estimate of drug-likeness (QED) is 0.792. The van der Waals surface area contributed by atoms with Crippen molar-refractivity contribution in [2.75, 3.05) is 25.5 Å². The zero-order valence-electron chi connectivity index (χ0n) is 13.6. The summed E-state index contributed by atoms with van der Waals surface area (Å²) in [5, 5.41) is 3.99. The first-order chi connectivity index (χ1) is 11.5. The minimum Gasteiger partial charge on any atom is -0.492 e. The number of ether oxygens (including phenoxy) is 1. The summed E-state index contributed by atoms with van der Waals surface area (Å²) in [6.07, 6.45) is 0. The molecule has 1 unspecified atom stereocenters. The minimum absolute atomic E-state index is 0.117. The molecule has 0 radical (unpaired) electrons. The number of anilines is 1. The molecule has 1 N–H and O–H groups in total. The van der Waals surface area contributed by atoms with E-state index < -0.39 is 0 Å². The average Bonchev–Trinajstić information content (AvgIpc) is 2.56. The summed E-state index contributed by atoms with van der Waals surface area (Å²) in [6, 6.07) is 14.1. The van der Waals surface area contributed by atoms with E-state index in [2.05, 4.69) is 5.32 Å². The van der Waals surface area contributed by atoms with Gasteiger partial charge in [-0.25, -0.2) is 0 Å². The van der Waals surface area contributed by atoms with Gasteiger partial charge in [0.15, 0.2) is 0 Å². The maximum atomic E-state index is 12.3. The van der Waals surface area contributed by atoms with Crippen molar-refractivity contribution in [3.8, 4) is 5.75 Å². The smallest absolute Gasteiger partial charge is 0.241 e. The summed E-state index contributed by atoms with van der Waals surface area (Å²) in [7, 11) is 1.87. The number of hydrogen-bond donors (Lipinski definition) is 1. The molecule has 0 spiro atoms. The Morgan fingerprint density at radius 2 is 1.96 bits per heavy atom. The Kier molecular flexibility index (Phi) is 6.91. The van der Waals surface area contributed by atoms with Gasteiger partial charge in [0.2, 0.25) is 5.91 Å². The largest absolute Gasteiger partial charge is 0.492 e. The molecular weight excluding hydrogens is 347 g/mol. The molecule has 2 rings (SSSR count). The summed E-state index contributed by atoms with van der Waals surface area (Å²) in [4.78, 5) is 14.2. The lowest BCUT2D eigenvalue weighted by Crippen LogP contribution is -2.41. The molecule has 1 amide bonds. The van der Waals surface area contributed by atoms with Crippen molar-refractivity contribution in [3.63, 3.8) is 0 Å². The van der Waals surface area contributed by atoms with Crippen molar-refractivity contribution >= 4 is 34.8 Å². The Morgan fingerprint density at radius 3 is 2.67 bits per heavy atom. The van der Waals surface area contributed by atoms with E-state index in [1.165, 1.54) is 0 Å². The van der Waals surface area contributed by atoms with Gasteiger partial charge in [-0.05, 0) is 44.3 Å². The third kappa shape index (κ3) is 5.41. The number of carbonyl (C=O) groups is 1. The first-order valence-corrected chi connectivity index (χ1v) is 8.37. The fourth-order valence-corrected chi connectivity index (χ4v) is 2.42. The number of nitrogens with zero attached hydrogens (tertiary/aromatic N) is 1. The number of amides is 1. The van der Waals surface area contributed by atoms with Gasteiger partial charge >= 0.3 is 0 Å². The molecule has 2 aromatic rings. The Hall–Kier alpha value is -1.75. The van der Waals surface area contributed by atoms with Crippen LogP contribution in [-0.2, 0) is 4.79 Å². The van der Waals surface area contributed by atoms with Gasteiger partial charge in [0.1, 0.15) is 12.4 Å². The molecule has 4 nitrogen and oxygen atoms in total. The van der Waals surface area contributed by atoms with Crippen molar-refractivity contribution < 1.29 is 9.53 Å². The predicted molar refractivity (Wildman–Crippen MR) is 99.1 cm³/mol. The van der Waals surface area contributed by atoms with Crippen LogP contribution in [0.3, 0.4) is 0 Å². The third-order valence-corrected chi connectivity index (χ3v) is 4.25. The lowest BCUT2D eigenvalue weighted by molar-refractivity contribution is -0.120. The second-order valence-corrected chi connectivity index (χ2v) is 6.28. The summed E-state index contributed by atoms with van der Waals surface area (Å²) in [5.74, 6) is 0.595. The molecule has 0 fully saturated rings. The molecule has 0 bridgehead atoms. The van der Waals surface area contributed by atoms with Crippen molar-refractivity contribution in [2.24, 2.45) is 0 Å². The molecule has 1 atom stereocenters. The number of benzene rings is 2. The molecule has 0 saturated carbocycles. The summed E-state index contributed by atoms with van der Waals surface area (Å²) < 4.78 is 5.65. The van der Waals surface area contributed by atoms with E-state index in [9.17, 15) is 4.79 Å². The van der Waals surface area contributed by atoms with Gasteiger partial charge < -0.3 is 10.1 Å². The Labute approximate surface area is 152 Å². The van der Waals surface area contributed by atoms with E-state index in [1.54, 1.807) is 24.3 Å². The highest BCUT2D eigenvalue weighted by molar-refractivity contribution is 6.33.